The highest BCUT2D eigenvalue weighted by atomic mass is 16.2. The molecule has 2 unspecified atom stereocenters. The third kappa shape index (κ3) is 2.71. The number of hydrogen-bond acceptors (Lipinski definition) is 3. The van der Waals surface area contributed by atoms with Crippen molar-refractivity contribution in [2.24, 2.45) is 0 Å². The number of hydrogen-bond donors (Lipinski definition) is 1. The van der Waals surface area contributed by atoms with Gasteiger partial charge in [0, 0.05) is 12.6 Å². The van der Waals surface area contributed by atoms with Gasteiger partial charge in [-0.05, 0) is 26.6 Å². The van der Waals surface area contributed by atoms with Gasteiger partial charge in [-0.2, -0.15) is 0 Å². The molecule has 2 rings (SSSR count). The first-order valence-corrected chi connectivity index (χ1v) is 6.33. The lowest BCUT2D eigenvalue weighted by Crippen LogP contribution is -2.41. The average Bonchev–Trinajstić information content (AvgIpc) is 2.71. The van der Waals surface area contributed by atoms with Crippen LogP contribution in [0.2, 0.25) is 0 Å². The van der Waals surface area contributed by atoms with Gasteiger partial charge in [0.25, 0.3) is 0 Å². The molecule has 1 fully saturated rings. The lowest BCUT2D eigenvalue weighted by molar-refractivity contribution is -0.130. The molecule has 4 nitrogen and oxygen atoms in total. The van der Waals surface area contributed by atoms with E-state index in [1.807, 2.05) is 49.3 Å². The molecule has 1 aliphatic rings. The monoisotopic (exact) mass is 247 g/mol. The molecule has 1 heterocycles. The Morgan fingerprint density at radius 3 is 2.67 bits per heavy atom. The van der Waals surface area contributed by atoms with Crippen LogP contribution < -0.4 is 5.32 Å². The highest BCUT2D eigenvalue weighted by Crippen LogP contribution is 2.21. The second-order valence-corrected chi connectivity index (χ2v) is 5.13. The molecule has 1 aromatic carbocycles. The second kappa shape index (κ2) is 5.50. The van der Waals surface area contributed by atoms with Crippen LogP contribution in [0.1, 0.15) is 18.5 Å². The molecule has 1 N–H and O–H groups in total. The number of carbonyl (C=O) groups is 1. The molecule has 0 saturated carbocycles. The fourth-order valence-electron chi connectivity index (χ4n) is 2.43. The van der Waals surface area contributed by atoms with Gasteiger partial charge in [-0.1, -0.05) is 30.3 Å². The summed E-state index contributed by atoms with van der Waals surface area (Å²) in [5.74, 6) is 0.176. The summed E-state index contributed by atoms with van der Waals surface area (Å²) in [4.78, 5) is 16.4. The summed E-state index contributed by atoms with van der Waals surface area (Å²) in [6, 6.07) is 9.94. The summed E-state index contributed by atoms with van der Waals surface area (Å²) < 4.78 is 0. The van der Waals surface area contributed by atoms with Crippen molar-refractivity contribution in [2.45, 2.75) is 19.0 Å². The molecule has 98 valence electrons. The van der Waals surface area contributed by atoms with Crippen molar-refractivity contribution >= 4 is 5.91 Å². The Labute approximate surface area is 109 Å². The minimum atomic E-state index is -0.184. The minimum Gasteiger partial charge on any atom is -0.324 e. The summed E-state index contributed by atoms with van der Waals surface area (Å²) >= 11 is 0. The summed E-state index contributed by atoms with van der Waals surface area (Å²) in [6.45, 7) is 3.61. The number of nitrogens with zero attached hydrogens (tertiary/aromatic N) is 2. The van der Waals surface area contributed by atoms with Gasteiger partial charge in [0.15, 0.2) is 0 Å². The first-order valence-electron chi connectivity index (χ1n) is 6.33. The van der Waals surface area contributed by atoms with Crippen LogP contribution in [0, 0.1) is 0 Å². The van der Waals surface area contributed by atoms with E-state index in [0.29, 0.717) is 6.67 Å². The van der Waals surface area contributed by atoms with Crippen molar-refractivity contribution in [3.8, 4) is 0 Å². The highest BCUT2D eigenvalue weighted by molar-refractivity contribution is 5.85. The van der Waals surface area contributed by atoms with E-state index in [-0.39, 0.29) is 18.0 Å². The van der Waals surface area contributed by atoms with E-state index in [9.17, 15) is 4.79 Å². The number of amides is 1. The summed E-state index contributed by atoms with van der Waals surface area (Å²) in [7, 11) is 4.05. The molecule has 4 heteroatoms. The van der Waals surface area contributed by atoms with Gasteiger partial charge in [-0.3, -0.25) is 10.1 Å². The molecule has 0 spiro atoms. The van der Waals surface area contributed by atoms with Crippen LogP contribution in [-0.2, 0) is 4.79 Å². The predicted molar refractivity (Wildman–Crippen MR) is 72.0 cm³/mol. The quantitative estimate of drug-likeness (QED) is 0.864. The summed E-state index contributed by atoms with van der Waals surface area (Å²) in [6.07, 6.45) is 0. The third-order valence-electron chi connectivity index (χ3n) is 3.29. The van der Waals surface area contributed by atoms with Gasteiger partial charge in [0.1, 0.15) is 6.04 Å². The molecule has 2 atom stereocenters. The Bertz CT molecular complexity index is 405. The number of likely N-dealkylation sites (N-methyl/N-ethyl adjacent to an activating group) is 1. The van der Waals surface area contributed by atoms with Gasteiger partial charge in [-0.15, -0.1) is 0 Å². The first-order chi connectivity index (χ1) is 8.59. The fourth-order valence-corrected chi connectivity index (χ4v) is 2.43. The molecule has 0 bridgehead atoms. The molecule has 1 aliphatic heterocycles. The third-order valence-corrected chi connectivity index (χ3v) is 3.29. The molecular weight excluding hydrogens is 226 g/mol. The van der Waals surface area contributed by atoms with E-state index >= 15 is 0 Å². The maximum Gasteiger partial charge on any atom is 0.245 e. The molecule has 0 radical (unpaired) electrons. The van der Waals surface area contributed by atoms with Crippen LogP contribution in [-0.4, -0.2) is 49.1 Å². The molecular formula is C14H21N3O. The Hall–Kier alpha value is -1.39. The Morgan fingerprint density at radius 1 is 1.39 bits per heavy atom. The number of benzene rings is 1. The van der Waals surface area contributed by atoms with Crippen molar-refractivity contribution in [3.05, 3.63) is 35.9 Å². The summed E-state index contributed by atoms with van der Waals surface area (Å²) in [5.41, 5.74) is 1.04. The van der Waals surface area contributed by atoms with Crippen molar-refractivity contribution < 1.29 is 4.79 Å². The maximum absolute atomic E-state index is 12.4. The molecule has 1 amide bonds. The topological polar surface area (TPSA) is 35.6 Å². The predicted octanol–water partition coefficient (Wildman–Crippen LogP) is 1.07. The summed E-state index contributed by atoms with van der Waals surface area (Å²) in [5, 5.41) is 3.28. The zero-order valence-corrected chi connectivity index (χ0v) is 11.3. The Kier molecular flexibility index (Phi) is 3.99. The lowest BCUT2D eigenvalue weighted by atomic mass is 10.1. The van der Waals surface area contributed by atoms with Gasteiger partial charge < -0.3 is 9.80 Å². The van der Waals surface area contributed by atoms with E-state index in [4.69, 9.17) is 0 Å². The maximum atomic E-state index is 12.4. The van der Waals surface area contributed by atoms with Crippen molar-refractivity contribution in [3.63, 3.8) is 0 Å². The molecule has 1 aromatic rings. The second-order valence-electron chi connectivity index (χ2n) is 5.13. The number of rotatable bonds is 4. The van der Waals surface area contributed by atoms with E-state index < -0.39 is 0 Å². The van der Waals surface area contributed by atoms with Crippen LogP contribution in [0.3, 0.4) is 0 Å². The molecule has 18 heavy (non-hydrogen) atoms. The van der Waals surface area contributed by atoms with Crippen molar-refractivity contribution in [1.29, 1.82) is 0 Å². The first kappa shape index (κ1) is 13.1. The van der Waals surface area contributed by atoms with E-state index in [0.717, 1.165) is 12.1 Å². The van der Waals surface area contributed by atoms with Crippen molar-refractivity contribution in [2.75, 3.05) is 27.3 Å². The van der Waals surface area contributed by atoms with Gasteiger partial charge in [0.2, 0.25) is 5.91 Å². The largest absolute Gasteiger partial charge is 0.324 e. The van der Waals surface area contributed by atoms with Crippen LogP contribution in [0.25, 0.3) is 0 Å². The normalized spacial score (nSPS) is 21.7. The Balaban J connectivity index is 2.06. The minimum absolute atomic E-state index is 0.176. The fraction of sp³-hybridized carbons (Fsp3) is 0.500. The molecule has 1 saturated heterocycles. The van der Waals surface area contributed by atoms with Gasteiger partial charge >= 0.3 is 0 Å². The lowest BCUT2D eigenvalue weighted by Gasteiger charge is -2.26. The number of nitrogens with one attached hydrogen (secondary N) is 1. The van der Waals surface area contributed by atoms with E-state index in [1.165, 1.54) is 0 Å². The SMILES string of the molecule is CC(CN(C)C)N1CNC(c2ccccc2)C1=O. The highest BCUT2D eigenvalue weighted by Gasteiger charge is 2.34. The standard InChI is InChI=1S/C14H21N3O/c1-11(9-16(2)3)17-10-15-13(14(17)18)12-7-5-4-6-8-12/h4-8,11,13,15H,9-10H2,1-3H3. The number of carbonyl (C=O) groups excluding carboxylic acids is 1. The smallest absolute Gasteiger partial charge is 0.245 e. The molecule has 0 aliphatic carbocycles. The van der Waals surface area contributed by atoms with Crippen LogP contribution >= 0.6 is 0 Å². The van der Waals surface area contributed by atoms with Crippen LogP contribution in [0.15, 0.2) is 30.3 Å². The van der Waals surface area contributed by atoms with Crippen molar-refractivity contribution in [1.82, 2.24) is 15.1 Å². The van der Waals surface area contributed by atoms with Crippen LogP contribution in [0.4, 0.5) is 0 Å². The van der Waals surface area contributed by atoms with Gasteiger partial charge in [-0.25, -0.2) is 0 Å². The van der Waals surface area contributed by atoms with Gasteiger partial charge in [0.05, 0.1) is 6.67 Å². The average molecular weight is 247 g/mol. The zero-order chi connectivity index (χ0) is 13.1. The Morgan fingerprint density at radius 2 is 2.06 bits per heavy atom. The molecule has 0 aromatic heterocycles. The van der Waals surface area contributed by atoms with E-state index in [1.54, 1.807) is 0 Å². The zero-order valence-electron chi connectivity index (χ0n) is 11.3. The van der Waals surface area contributed by atoms with E-state index in [2.05, 4.69) is 17.1 Å². The van der Waals surface area contributed by atoms with Crippen LogP contribution in [0.5, 0.6) is 0 Å².